The van der Waals surface area contributed by atoms with Gasteiger partial charge in [0.25, 0.3) is 0 Å². The first-order chi connectivity index (χ1) is 14.7. The highest BCUT2D eigenvalue weighted by atomic mass is 16.1. The fraction of sp³-hybridized carbons (Fsp3) is 0.714. The Morgan fingerprint density at radius 2 is 1.83 bits per heavy atom. The number of carbonyl (C=O) groups is 1. The molecule has 1 amide bonds. The summed E-state index contributed by atoms with van der Waals surface area (Å²) in [7, 11) is 3.56. The summed E-state index contributed by atoms with van der Waals surface area (Å²) in [5.74, 6) is 2.45. The van der Waals surface area contributed by atoms with Crippen LogP contribution in [0.4, 0.5) is 5.95 Å². The lowest BCUT2D eigenvalue weighted by Gasteiger charge is -2.35. The van der Waals surface area contributed by atoms with E-state index in [1.54, 1.807) is 19.4 Å². The molecule has 0 aliphatic carbocycles. The lowest BCUT2D eigenvalue weighted by atomic mass is 9.93. The van der Waals surface area contributed by atoms with Crippen molar-refractivity contribution in [2.45, 2.75) is 25.7 Å². The molecule has 2 aliphatic rings. The summed E-state index contributed by atoms with van der Waals surface area (Å²) in [6.07, 6.45) is 7.43. The first-order valence-electron chi connectivity index (χ1n) is 11.1. The van der Waals surface area contributed by atoms with E-state index in [1.807, 2.05) is 13.1 Å². The third-order valence-corrected chi connectivity index (χ3v) is 6.02. The smallest absolute Gasteiger partial charge is 0.225 e. The van der Waals surface area contributed by atoms with Crippen molar-refractivity contribution < 1.29 is 4.79 Å². The highest BCUT2D eigenvalue weighted by molar-refractivity contribution is 5.80. The van der Waals surface area contributed by atoms with Crippen molar-refractivity contribution in [3.05, 3.63) is 18.5 Å². The van der Waals surface area contributed by atoms with E-state index < -0.39 is 0 Å². The predicted molar refractivity (Wildman–Crippen MR) is 120 cm³/mol. The van der Waals surface area contributed by atoms with Crippen LogP contribution < -0.4 is 15.5 Å². The van der Waals surface area contributed by atoms with Crippen LogP contribution in [0.5, 0.6) is 0 Å². The molecule has 0 radical (unpaired) electrons. The van der Waals surface area contributed by atoms with Crippen LogP contribution in [0.15, 0.2) is 23.5 Å². The minimum atomic E-state index is 0.146. The quantitative estimate of drug-likeness (QED) is 0.378. The molecule has 9 nitrogen and oxygen atoms in total. The van der Waals surface area contributed by atoms with E-state index in [4.69, 9.17) is 0 Å². The summed E-state index contributed by atoms with van der Waals surface area (Å²) in [4.78, 5) is 31.8. The Kier molecular flexibility index (Phi) is 8.67. The zero-order valence-corrected chi connectivity index (χ0v) is 18.4. The van der Waals surface area contributed by atoms with Crippen LogP contribution in [0.3, 0.4) is 0 Å². The van der Waals surface area contributed by atoms with Crippen molar-refractivity contribution in [2.24, 2.45) is 10.9 Å². The van der Waals surface area contributed by atoms with Gasteiger partial charge in [0, 0.05) is 78.7 Å². The number of nitrogens with one attached hydrogen (secondary N) is 2. The average Bonchev–Trinajstić information content (AvgIpc) is 2.81. The fourth-order valence-electron chi connectivity index (χ4n) is 4.17. The van der Waals surface area contributed by atoms with Crippen LogP contribution in [0.1, 0.15) is 25.7 Å². The van der Waals surface area contributed by atoms with Gasteiger partial charge in [-0.15, -0.1) is 0 Å². The van der Waals surface area contributed by atoms with Crippen LogP contribution in [0, 0.1) is 5.92 Å². The number of rotatable bonds is 7. The molecule has 0 spiro atoms. The Labute approximate surface area is 179 Å². The van der Waals surface area contributed by atoms with Gasteiger partial charge in [-0.25, -0.2) is 9.97 Å². The molecular formula is C21H36N8O. The molecule has 2 N–H and O–H groups in total. The first-order valence-corrected chi connectivity index (χ1v) is 11.1. The third kappa shape index (κ3) is 6.55. The molecule has 0 atom stereocenters. The van der Waals surface area contributed by atoms with E-state index >= 15 is 0 Å². The lowest BCUT2D eigenvalue weighted by Crippen LogP contribution is -2.48. The lowest BCUT2D eigenvalue weighted by molar-refractivity contribution is -0.121. The van der Waals surface area contributed by atoms with Gasteiger partial charge in [0.1, 0.15) is 0 Å². The largest absolute Gasteiger partial charge is 0.359 e. The van der Waals surface area contributed by atoms with Crippen molar-refractivity contribution in [3.63, 3.8) is 0 Å². The molecule has 0 bridgehead atoms. The second-order valence-corrected chi connectivity index (χ2v) is 8.01. The number of piperazine rings is 1. The monoisotopic (exact) mass is 416 g/mol. The van der Waals surface area contributed by atoms with Crippen molar-refractivity contribution in [1.82, 2.24) is 30.4 Å². The minimum Gasteiger partial charge on any atom is -0.359 e. The summed E-state index contributed by atoms with van der Waals surface area (Å²) >= 11 is 0. The summed E-state index contributed by atoms with van der Waals surface area (Å²) in [6.45, 7) is 7.98. The summed E-state index contributed by atoms with van der Waals surface area (Å²) in [6, 6.07) is 1.85. The van der Waals surface area contributed by atoms with Crippen molar-refractivity contribution in [3.8, 4) is 0 Å². The molecule has 0 saturated carbocycles. The van der Waals surface area contributed by atoms with E-state index in [0.717, 1.165) is 83.5 Å². The van der Waals surface area contributed by atoms with E-state index in [0.29, 0.717) is 12.3 Å². The molecule has 2 fully saturated rings. The van der Waals surface area contributed by atoms with E-state index in [9.17, 15) is 4.79 Å². The number of anilines is 1. The molecule has 3 heterocycles. The van der Waals surface area contributed by atoms with Gasteiger partial charge in [-0.2, -0.15) is 0 Å². The molecule has 9 heteroatoms. The first kappa shape index (κ1) is 22.3. The number of hydrogen-bond acceptors (Lipinski definition) is 6. The molecule has 1 aromatic heterocycles. The third-order valence-electron chi connectivity index (χ3n) is 6.02. The topological polar surface area (TPSA) is 89.0 Å². The number of hydrogen-bond donors (Lipinski definition) is 2. The van der Waals surface area contributed by atoms with Gasteiger partial charge in [0.2, 0.25) is 11.9 Å². The molecule has 2 saturated heterocycles. The maximum Gasteiger partial charge on any atom is 0.225 e. The molecule has 2 aliphatic heterocycles. The Hall–Kier alpha value is -2.42. The zero-order chi connectivity index (χ0) is 21.2. The van der Waals surface area contributed by atoms with Crippen LogP contribution in [0.2, 0.25) is 0 Å². The van der Waals surface area contributed by atoms with Crippen molar-refractivity contribution >= 4 is 17.8 Å². The minimum absolute atomic E-state index is 0.146. The zero-order valence-electron chi connectivity index (χ0n) is 18.4. The normalized spacial score (nSPS) is 19.1. The number of piperidine rings is 1. The maximum atomic E-state index is 11.6. The van der Waals surface area contributed by atoms with Gasteiger partial charge in [-0.1, -0.05) is 0 Å². The van der Waals surface area contributed by atoms with Crippen LogP contribution >= 0.6 is 0 Å². The summed E-state index contributed by atoms with van der Waals surface area (Å²) in [5.41, 5.74) is 0. The Morgan fingerprint density at radius 1 is 1.13 bits per heavy atom. The molecular weight excluding hydrogens is 380 g/mol. The fourth-order valence-corrected chi connectivity index (χ4v) is 4.17. The number of nitrogens with zero attached hydrogens (tertiary/aromatic N) is 6. The molecule has 1 aromatic rings. The Morgan fingerprint density at radius 3 is 2.47 bits per heavy atom. The summed E-state index contributed by atoms with van der Waals surface area (Å²) < 4.78 is 0. The van der Waals surface area contributed by atoms with Gasteiger partial charge >= 0.3 is 0 Å². The molecule has 3 rings (SSSR count). The predicted octanol–water partition coefficient (Wildman–Crippen LogP) is 0.412. The number of carbonyl (C=O) groups excluding carboxylic acids is 1. The second-order valence-electron chi connectivity index (χ2n) is 8.01. The number of guanidine groups is 1. The number of likely N-dealkylation sites (tertiary alicyclic amines) is 1. The number of aliphatic imine (C=N–C) groups is 1. The Balaban J connectivity index is 1.30. The van der Waals surface area contributed by atoms with Crippen LogP contribution in [-0.4, -0.2) is 98.1 Å². The molecule has 0 aromatic carbocycles. The maximum absolute atomic E-state index is 11.6. The highest BCUT2D eigenvalue weighted by Crippen LogP contribution is 2.20. The average molecular weight is 417 g/mol. The van der Waals surface area contributed by atoms with Gasteiger partial charge in [-0.3, -0.25) is 14.7 Å². The van der Waals surface area contributed by atoms with Gasteiger partial charge in [0.05, 0.1) is 0 Å². The molecule has 0 unspecified atom stereocenters. The van der Waals surface area contributed by atoms with Gasteiger partial charge in [0.15, 0.2) is 5.96 Å². The highest BCUT2D eigenvalue weighted by Gasteiger charge is 2.23. The van der Waals surface area contributed by atoms with Gasteiger partial charge in [-0.05, 0) is 37.8 Å². The van der Waals surface area contributed by atoms with E-state index in [-0.39, 0.29) is 5.91 Å². The standard InChI is InChI=1S/C21H36N8O/c1-22-19(30)17-18-5-11-28(12-6-18)20(23-2)24-9-4-10-27-13-15-29(16-14-27)21-25-7-3-8-26-21/h3,7-8,18H,4-6,9-17H2,1-2H3,(H,22,30)(H,23,24). The molecule has 30 heavy (non-hydrogen) atoms. The number of amides is 1. The van der Waals surface area contributed by atoms with Crippen molar-refractivity contribution in [1.29, 1.82) is 0 Å². The van der Waals surface area contributed by atoms with E-state index in [1.165, 1.54) is 0 Å². The van der Waals surface area contributed by atoms with Gasteiger partial charge < -0.3 is 20.4 Å². The second kappa shape index (κ2) is 11.7. The summed E-state index contributed by atoms with van der Waals surface area (Å²) in [5, 5.41) is 6.25. The van der Waals surface area contributed by atoms with Crippen LogP contribution in [0.25, 0.3) is 0 Å². The molecule has 166 valence electrons. The van der Waals surface area contributed by atoms with Crippen molar-refractivity contribution in [2.75, 3.05) is 71.4 Å². The SMILES string of the molecule is CN=C(NCCCN1CCN(c2ncccn2)CC1)N1CCC(CC(=O)NC)CC1. The number of aromatic nitrogens is 2. The Bertz CT molecular complexity index is 667. The van der Waals surface area contributed by atoms with Crippen LogP contribution in [-0.2, 0) is 4.79 Å². The van der Waals surface area contributed by atoms with E-state index in [2.05, 4.69) is 40.3 Å².